The van der Waals surface area contributed by atoms with Crippen molar-refractivity contribution >= 4 is 40.6 Å². The van der Waals surface area contributed by atoms with Crippen LogP contribution in [-0.2, 0) is 37.5 Å². The van der Waals surface area contributed by atoms with E-state index >= 15 is 9.18 Å². The molecule has 1 aromatic heterocycles. The number of fused-ring (bicyclic) bond motifs is 3. The number of carbonyl (C=O) groups excluding carboxylic acids is 4. The van der Waals surface area contributed by atoms with Crippen LogP contribution in [0.15, 0.2) is 79.0 Å². The fourth-order valence-electron chi connectivity index (χ4n) is 7.44. The van der Waals surface area contributed by atoms with Crippen LogP contribution in [0.2, 0.25) is 0 Å². The van der Waals surface area contributed by atoms with Gasteiger partial charge in [0.15, 0.2) is 5.69 Å². The number of halogens is 1. The van der Waals surface area contributed by atoms with Gasteiger partial charge in [0.05, 0.1) is 5.41 Å². The maximum absolute atomic E-state index is 15.6. The maximum atomic E-state index is 15.6. The number of aromatic amines is 1. The number of aromatic nitrogens is 1. The van der Waals surface area contributed by atoms with Crippen molar-refractivity contribution in [1.82, 2.24) is 25.4 Å². The smallest absolute Gasteiger partial charge is 0.444 e. The first kappa shape index (κ1) is 36.7. The number of benzene rings is 3. The summed E-state index contributed by atoms with van der Waals surface area (Å²) in [4.78, 5) is 60.5. The minimum Gasteiger partial charge on any atom is -0.444 e. The third-order valence-corrected chi connectivity index (χ3v) is 10.0. The van der Waals surface area contributed by atoms with Gasteiger partial charge in [0.2, 0.25) is 5.91 Å². The highest BCUT2D eigenvalue weighted by Crippen LogP contribution is 2.51. The van der Waals surface area contributed by atoms with Crippen LogP contribution in [0.1, 0.15) is 64.2 Å². The minimum absolute atomic E-state index is 0.000268. The number of rotatable bonds is 8. The molecule has 4 amide bonds. The number of H-pyrrole nitrogens is 1. The molecule has 11 nitrogen and oxygen atoms in total. The zero-order valence-electron chi connectivity index (χ0n) is 30.3. The molecule has 1 saturated heterocycles. The zero-order chi connectivity index (χ0) is 37.3. The van der Waals surface area contributed by atoms with E-state index in [0.29, 0.717) is 37.2 Å². The number of alkyl carbamates (subject to hydrolysis) is 1. The summed E-state index contributed by atoms with van der Waals surface area (Å²) in [6.07, 6.45) is 1.30. The lowest BCUT2D eigenvalue weighted by Crippen LogP contribution is -2.68. The predicted octanol–water partition coefficient (Wildman–Crippen LogP) is 6.14. The Kier molecular flexibility index (Phi) is 9.99. The Morgan fingerprint density at radius 3 is 2.35 bits per heavy atom. The second kappa shape index (κ2) is 14.2. The lowest BCUT2D eigenvalue weighted by Gasteiger charge is -2.36. The largest absolute Gasteiger partial charge is 0.529 e. The SMILES string of the molecule is CC(C)(C)OC(=O)NC(C)(C)C(=O)N[C@H](Cc1c[nH]c2ccccc12)C(=O)[N+]1(C(=O)OCc2ccccc2)CC2(CCNCC2)c2cc(F)ccc21. The number of carbonyl (C=O) groups is 4. The summed E-state index contributed by atoms with van der Waals surface area (Å²) in [6, 6.07) is 19.6. The number of hydrogen-bond acceptors (Lipinski definition) is 7. The topological polar surface area (TPSA) is 139 Å². The molecular formula is C40H47FN5O6+. The van der Waals surface area contributed by atoms with Crippen LogP contribution in [0.25, 0.3) is 10.9 Å². The standard InChI is InChI=1S/C40H46FN5O6/c1-38(2,3)52-36(49)45-39(4,5)35(48)44-32(21-27-23-43-31-14-10-9-13-29(27)31)34(47)46(37(50)51-24-26-11-7-6-8-12-26)25-40(17-19-42-20-18-40)30-22-28(41)15-16-33(30)46/h6-16,22-23,32,42-43H,17-21,24-25H2,1-5H3,(H-,44,45,48,49)/p+1/t32-,46?/m1/s1. The molecule has 1 fully saturated rings. The van der Waals surface area contributed by atoms with Gasteiger partial charge in [-0.3, -0.25) is 4.79 Å². The van der Waals surface area contributed by atoms with Crippen LogP contribution < -0.4 is 20.4 Å². The molecule has 3 heterocycles. The van der Waals surface area contributed by atoms with Crippen molar-refractivity contribution in [1.29, 1.82) is 0 Å². The highest BCUT2D eigenvalue weighted by atomic mass is 19.1. The van der Waals surface area contributed by atoms with Gasteiger partial charge in [-0.25, -0.2) is 14.0 Å². The monoisotopic (exact) mass is 712 g/mol. The van der Waals surface area contributed by atoms with Crippen molar-refractivity contribution in [3.63, 3.8) is 0 Å². The first-order chi connectivity index (χ1) is 24.6. The Bertz CT molecular complexity index is 1980. The van der Waals surface area contributed by atoms with E-state index in [4.69, 9.17) is 9.47 Å². The minimum atomic E-state index is -1.53. The molecule has 274 valence electrons. The van der Waals surface area contributed by atoms with Crippen molar-refractivity contribution in [3.8, 4) is 0 Å². The van der Waals surface area contributed by atoms with Crippen molar-refractivity contribution in [2.75, 3.05) is 19.6 Å². The first-order valence-corrected chi connectivity index (χ1v) is 17.7. The molecule has 0 aliphatic carbocycles. The van der Waals surface area contributed by atoms with Crippen molar-refractivity contribution in [3.05, 3.63) is 102 Å². The van der Waals surface area contributed by atoms with E-state index in [1.807, 2.05) is 54.6 Å². The van der Waals surface area contributed by atoms with Crippen molar-refractivity contribution < 1.29 is 33.0 Å². The summed E-state index contributed by atoms with van der Waals surface area (Å²) in [6.45, 7) is 9.29. The first-order valence-electron chi connectivity index (χ1n) is 17.7. The van der Waals surface area contributed by atoms with Crippen LogP contribution in [0.5, 0.6) is 0 Å². The number of piperidine rings is 1. The van der Waals surface area contributed by atoms with Crippen LogP contribution in [0, 0.1) is 5.82 Å². The van der Waals surface area contributed by atoms with Crippen LogP contribution in [0.3, 0.4) is 0 Å². The summed E-state index contributed by atoms with van der Waals surface area (Å²) in [7, 11) is 0. The Morgan fingerprint density at radius 2 is 1.63 bits per heavy atom. The van der Waals surface area contributed by atoms with Crippen molar-refractivity contribution in [2.24, 2.45) is 0 Å². The van der Waals surface area contributed by atoms with Crippen LogP contribution >= 0.6 is 0 Å². The number of para-hydroxylation sites is 1. The molecule has 3 aromatic carbocycles. The maximum Gasteiger partial charge on any atom is 0.529 e. The van der Waals surface area contributed by atoms with E-state index in [0.717, 1.165) is 22.0 Å². The van der Waals surface area contributed by atoms with Gasteiger partial charge in [0, 0.05) is 35.2 Å². The highest BCUT2D eigenvalue weighted by molar-refractivity contribution is 6.11. The molecule has 0 saturated carbocycles. The van der Waals surface area contributed by atoms with Gasteiger partial charge < -0.3 is 30.4 Å². The van der Waals surface area contributed by atoms with Crippen LogP contribution in [0.4, 0.5) is 19.7 Å². The predicted molar refractivity (Wildman–Crippen MR) is 196 cm³/mol. The van der Waals surface area contributed by atoms with Gasteiger partial charge in [-0.1, -0.05) is 48.5 Å². The molecule has 4 aromatic rings. The molecule has 0 bridgehead atoms. The van der Waals surface area contributed by atoms with Crippen molar-refractivity contribution in [2.45, 2.75) is 83.1 Å². The normalized spacial score (nSPS) is 18.7. The van der Waals surface area contributed by atoms with E-state index in [9.17, 15) is 14.4 Å². The molecule has 4 N–H and O–H groups in total. The van der Waals surface area contributed by atoms with E-state index < -0.39 is 56.9 Å². The molecule has 2 aliphatic rings. The van der Waals surface area contributed by atoms with Crippen LogP contribution in [-0.4, -0.2) is 65.8 Å². The van der Waals surface area contributed by atoms with E-state index in [1.54, 1.807) is 27.0 Å². The average Bonchev–Trinajstić information content (AvgIpc) is 3.63. The van der Waals surface area contributed by atoms with Gasteiger partial charge in [0.1, 0.15) is 36.2 Å². The van der Waals surface area contributed by atoms with Gasteiger partial charge >= 0.3 is 18.1 Å². The lowest BCUT2D eigenvalue weighted by atomic mass is 9.74. The summed E-state index contributed by atoms with van der Waals surface area (Å²) in [5, 5.41) is 9.72. The number of nitrogens with one attached hydrogen (secondary N) is 4. The van der Waals surface area contributed by atoms with Gasteiger partial charge in [-0.2, -0.15) is 4.79 Å². The van der Waals surface area contributed by atoms with Gasteiger partial charge in [-0.15, -0.1) is 4.48 Å². The van der Waals surface area contributed by atoms with E-state index in [1.165, 1.54) is 32.0 Å². The molecule has 52 heavy (non-hydrogen) atoms. The third-order valence-electron chi connectivity index (χ3n) is 10.0. The number of imide groups is 1. The molecule has 6 rings (SSSR count). The Balaban J connectivity index is 1.44. The second-order valence-electron chi connectivity index (χ2n) is 15.4. The van der Waals surface area contributed by atoms with E-state index in [2.05, 4.69) is 20.9 Å². The average molecular weight is 713 g/mol. The molecule has 2 atom stereocenters. The van der Waals surface area contributed by atoms with Gasteiger partial charge in [-0.05, 0) is 89.9 Å². The number of nitrogens with zero attached hydrogens (tertiary/aromatic N) is 1. The highest BCUT2D eigenvalue weighted by Gasteiger charge is 2.64. The van der Waals surface area contributed by atoms with Gasteiger partial charge in [0.25, 0.3) is 0 Å². The molecule has 1 unspecified atom stereocenters. The third kappa shape index (κ3) is 7.31. The molecule has 0 radical (unpaired) electrons. The Morgan fingerprint density at radius 1 is 0.942 bits per heavy atom. The Hall–Kier alpha value is -5.07. The lowest BCUT2D eigenvalue weighted by molar-refractivity contribution is -0.136. The summed E-state index contributed by atoms with van der Waals surface area (Å²) in [5.74, 6) is -1.77. The summed E-state index contributed by atoms with van der Waals surface area (Å²) >= 11 is 0. The second-order valence-corrected chi connectivity index (χ2v) is 15.4. The number of amides is 4. The van der Waals surface area contributed by atoms with E-state index in [-0.39, 0.29) is 19.6 Å². The summed E-state index contributed by atoms with van der Waals surface area (Å²) < 4.78 is 25.6. The molecular weight excluding hydrogens is 665 g/mol. The number of quaternary nitrogens is 1. The Labute approximate surface area is 302 Å². The molecule has 2 aliphatic heterocycles. The number of hydrogen-bond donors (Lipinski definition) is 4. The number of ether oxygens (including phenoxy) is 2. The fourth-order valence-corrected chi connectivity index (χ4v) is 7.44. The quantitative estimate of drug-likeness (QED) is 0.161. The molecule has 12 heteroatoms. The molecule has 1 spiro atoms. The fraction of sp³-hybridized carbons (Fsp3) is 0.400. The summed E-state index contributed by atoms with van der Waals surface area (Å²) in [5.41, 5.74) is 0.170. The zero-order valence-corrected chi connectivity index (χ0v) is 30.3.